The van der Waals surface area contributed by atoms with E-state index in [1.165, 1.54) is 0 Å². The highest BCUT2D eigenvalue weighted by Gasteiger charge is 2.42. The number of ketones is 1. The number of fused-ring (bicyclic) bond motifs is 1. The molecule has 1 aliphatic heterocycles. The Bertz CT molecular complexity index is 1320. The molecule has 3 aromatic rings. The van der Waals surface area contributed by atoms with Crippen molar-refractivity contribution in [2.75, 3.05) is 12.4 Å². The van der Waals surface area contributed by atoms with E-state index < -0.39 is 6.04 Å². The van der Waals surface area contributed by atoms with Crippen LogP contribution in [-0.4, -0.2) is 33.1 Å². The van der Waals surface area contributed by atoms with Gasteiger partial charge in [0.05, 0.1) is 11.6 Å². The minimum atomic E-state index is -0.479. The maximum absolute atomic E-state index is 13.3. The molecule has 176 valence electrons. The number of tetrazole rings is 1. The van der Waals surface area contributed by atoms with Crippen LogP contribution in [0.5, 0.6) is 11.5 Å². The molecule has 10 heteroatoms. The molecule has 8 nitrogen and oxygen atoms in total. The number of methoxy groups -OCH3 is 1. The lowest BCUT2D eigenvalue weighted by atomic mass is 9.73. The first kappa shape index (κ1) is 22.9. The van der Waals surface area contributed by atoms with E-state index in [1.807, 2.05) is 36.4 Å². The Morgan fingerprint density at radius 3 is 2.82 bits per heavy atom. The third-order valence-corrected chi connectivity index (χ3v) is 7.05. The van der Waals surface area contributed by atoms with Crippen LogP contribution >= 0.6 is 27.5 Å². The Morgan fingerprint density at radius 2 is 2.06 bits per heavy atom. The number of benzene rings is 2. The van der Waals surface area contributed by atoms with Gasteiger partial charge in [-0.15, -0.1) is 0 Å². The van der Waals surface area contributed by atoms with Crippen molar-refractivity contribution >= 4 is 39.3 Å². The minimum Gasteiger partial charge on any atom is -0.493 e. The van der Waals surface area contributed by atoms with E-state index in [-0.39, 0.29) is 17.8 Å². The predicted molar refractivity (Wildman–Crippen MR) is 131 cm³/mol. The second-order valence-corrected chi connectivity index (χ2v) is 10.5. The number of hydrogen-bond acceptors (Lipinski definition) is 7. The summed E-state index contributed by atoms with van der Waals surface area (Å²) in [5.41, 5.74) is 3.08. The molecule has 1 N–H and O–H groups in total. The summed E-state index contributed by atoms with van der Waals surface area (Å²) in [7, 11) is 1.58. The van der Waals surface area contributed by atoms with E-state index in [4.69, 9.17) is 21.1 Å². The molecule has 0 radical (unpaired) electrons. The van der Waals surface area contributed by atoms with Gasteiger partial charge in [-0.2, -0.15) is 4.68 Å². The third-order valence-electron chi connectivity index (χ3n) is 6.09. The van der Waals surface area contributed by atoms with Crippen molar-refractivity contribution in [3.05, 3.63) is 68.3 Å². The molecular formula is C24H23BrClN5O3. The molecular weight excluding hydrogens is 522 g/mol. The smallest absolute Gasteiger partial charge is 0.248 e. The molecule has 1 unspecified atom stereocenters. The Labute approximate surface area is 210 Å². The highest BCUT2D eigenvalue weighted by Crippen LogP contribution is 2.47. The van der Waals surface area contributed by atoms with Gasteiger partial charge in [0.1, 0.15) is 12.6 Å². The van der Waals surface area contributed by atoms with Gasteiger partial charge in [0.2, 0.25) is 5.95 Å². The maximum atomic E-state index is 13.3. The molecule has 1 aliphatic carbocycles. The molecule has 0 saturated carbocycles. The summed E-state index contributed by atoms with van der Waals surface area (Å²) in [6.45, 7) is 4.46. The van der Waals surface area contributed by atoms with Gasteiger partial charge >= 0.3 is 0 Å². The summed E-state index contributed by atoms with van der Waals surface area (Å²) in [4.78, 5) is 13.3. The number of halogens is 2. The number of carbonyl (C=O) groups is 1. The maximum Gasteiger partial charge on any atom is 0.248 e. The summed E-state index contributed by atoms with van der Waals surface area (Å²) < 4.78 is 14.1. The fourth-order valence-corrected chi connectivity index (χ4v) is 5.35. The number of ether oxygens (including phenoxy) is 2. The summed E-state index contributed by atoms with van der Waals surface area (Å²) in [5.74, 6) is 1.65. The van der Waals surface area contributed by atoms with Crippen LogP contribution in [0.2, 0.25) is 5.02 Å². The van der Waals surface area contributed by atoms with Crippen molar-refractivity contribution in [2.45, 2.75) is 39.3 Å². The Morgan fingerprint density at radius 1 is 1.26 bits per heavy atom. The average Bonchev–Trinajstić information content (AvgIpc) is 3.24. The van der Waals surface area contributed by atoms with Gasteiger partial charge in [-0.25, -0.2) is 0 Å². The monoisotopic (exact) mass is 543 g/mol. The molecule has 0 spiro atoms. The zero-order valence-corrected chi connectivity index (χ0v) is 21.3. The first-order valence-electron chi connectivity index (χ1n) is 10.8. The summed E-state index contributed by atoms with van der Waals surface area (Å²) in [6.07, 6.45) is 1.19. The van der Waals surface area contributed by atoms with Crippen LogP contribution in [0.25, 0.3) is 0 Å². The zero-order chi connectivity index (χ0) is 24.0. The van der Waals surface area contributed by atoms with Crippen molar-refractivity contribution in [2.24, 2.45) is 5.41 Å². The molecule has 0 bridgehead atoms. The minimum absolute atomic E-state index is 0.0824. The number of carbonyl (C=O) groups excluding carboxylic acids is 1. The second kappa shape index (κ2) is 8.70. The molecule has 0 saturated heterocycles. The number of Topliss-reactive ketones (excluding diaryl/α,β-unsaturated/α-hetero) is 1. The quantitative estimate of drug-likeness (QED) is 0.464. The molecule has 2 heterocycles. The fraction of sp³-hybridized carbons (Fsp3) is 0.333. The Hall–Kier alpha value is -2.91. The largest absolute Gasteiger partial charge is 0.493 e. The van der Waals surface area contributed by atoms with E-state index in [0.717, 1.165) is 23.2 Å². The molecule has 5 rings (SSSR count). The number of aromatic nitrogens is 4. The lowest BCUT2D eigenvalue weighted by Crippen LogP contribution is -2.36. The van der Waals surface area contributed by atoms with Crippen LogP contribution in [0.3, 0.4) is 0 Å². The summed E-state index contributed by atoms with van der Waals surface area (Å²) in [5, 5.41) is 16.0. The van der Waals surface area contributed by atoms with Crippen LogP contribution in [-0.2, 0) is 11.4 Å². The molecule has 2 aromatic carbocycles. The van der Waals surface area contributed by atoms with E-state index in [2.05, 4.69) is 50.6 Å². The lowest BCUT2D eigenvalue weighted by molar-refractivity contribution is -0.118. The van der Waals surface area contributed by atoms with Crippen LogP contribution < -0.4 is 14.8 Å². The Kier molecular flexibility index (Phi) is 5.85. The van der Waals surface area contributed by atoms with Crippen LogP contribution in [0, 0.1) is 5.41 Å². The van der Waals surface area contributed by atoms with Crippen molar-refractivity contribution < 1.29 is 14.3 Å². The van der Waals surface area contributed by atoms with Gasteiger partial charge in [-0.05, 0) is 62.0 Å². The second-order valence-electron chi connectivity index (χ2n) is 9.22. The highest BCUT2D eigenvalue weighted by molar-refractivity contribution is 9.10. The molecule has 0 fully saturated rings. The number of nitrogens with one attached hydrogen (secondary N) is 1. The van der Waals surface area contributed by atoms with Gasteiger partial charge in [-0.1, -0.05) is 48.7 Å². The van der Waals surface area contributed by atoms with Crippen molar-refractivity contribution in [3.63, 3.8) is 0 Å². The topological polar surface area (TPSA) is 91.2 Å². The normalized spacial score (nSPS) is 18.7. The fourth-order valence-electron chi connectivity index (χ4n) is 4.58. The number of rotatable bonds is 5. The van der Waals surface area contributed by atoms with E-state index in [1.54, 1.807) is 11.8 Å². The van der Waals surface area contributed by atoms with Crippen LogP contribution in [0.4, 0.5) is 5.95 Å². The number of anilines is 1. The van der Waals surface area contributed by atoms with E-state index in [0.29, 0.717) is 38.9 Å². The first-order valence-corrected chi connectivity index (χ1v) is 12.0. The molecule has 1 atom stereocenters. The summed E-state index contributed by atoms with van der Waals surface area (Å²) in [6, 6.07) is 10.8. The van der Waals surface area contributed by atoms with Gasteiger partial charge in [0, 0.05) is 28.3 Å². The third kappa shape index (κ3) is 4.07. The predicted octanol–water partition coefficient (Wildman–Crippen LogP) is 5.33. The standard InChI is InChI=1S/C24H23BrClN5O3/c1-24(2)10-17-20(18(32)11-24)21(31-23(27-17)28-29-30-31)14-8-15(25)22(19(9-14)33-3)34-12-13-6-4-5-7-16(13)26/h4-9,21H,10-12H2,1-3H3,(H,27,28,30). The van der Waals surface area contributed by atoms with Crippen molar-refractivity contribution in [3.8, 4) is 11.5 Å². The molecule has 1 aromatic heterocycles. The average molecular weight is 545 g/mol. The van der Waals surface area contributed by atoms with Gasteiger partial charge in [0.15, 0.2) is 17.3 Å². The SMILES string of the molecule is COc1cc(C2C3=C(CC(C)(C)CC3=O)Nc3nnnn32)cc(Br)c1OCc1ccccc1Cl. The molecule has 2 aliphatic rings. The summed E-state index contributed by atoms with van der Waals surface area (Å²) >= 11 is 9.91. The van der Waals surface area contributed by atoms with Crippen LogP contribution in [0.1, 0.15) is 43.9 Å². The van der Waals surface area contributed by atoms with Crippen LogP contribution in [0.15, 0.2) is 52.1 Å². The van der Waals surface area contributed by atoms with Gasteiger partial charge in [0.25, 0.3) is 0 Å². The van der Waals surface area contributed by atoms with Crippen molar-refractivity contribution in [1.29, 1.82) is 0 Å². The zero-order valence-electron chi connectivity index (χ0n) is 18.9. The van der Waals surface area contributed by atoms with E-state index >= 15 is 0 Å². The van der Waals surface area contributed by atoms with Gasteiger partial charge in [-0.3, -0.25) is 4.79 Å². The van der Waals surface area contributed by atoms with Crippen molar-refractivity contribution in [1.82, 2.24) is 20.2 Å². The number of hydrogen-bond donors (Lipinski definition) is 1. The Balaban J connectivity index is 1.55. The van der Waals surface area contributed by atoms with E-state index in [9.17, 15) is 4.79 Å². The number of nitrogens with zero attached hydrogens (tertiary/aromatic N) is 4. The molecule has 34 heavy (non-hydrogen) atoms. The first-order chi connectivity index (χ1) is 16.3. The highest BCUT2D eigenvalue weighted by atomic mass is 79.9. The molecule has 0 amide bonds. The van der Waals surface area contributed by atoms with Gasteiger partial charge < -0.3 is 14.8 Å². The number of allylic oxidation sites excluding steroid dienone is 2. The lowest BCUT2D eigenvalue weighted by Gasteiger charge is -2.38.